The van der Waals surface area contributed by atoms with Crippen molar-refractivity contribution in [3.8, 4) is 11.5 Å². The normalized spacial score (nSPS) is 24.7. The van der Waals surface area contributed by atoms with Crippen molar-refractivity contribution in [3.05, 3.63) is 65.5 Å². The number of allylic oxidation sites excluding steroid dienone is 2. The van der Waals surface area contributed by atoms with Gasteiger partial charge in [0.2, 0.25) is 0 Å². The van der Waals surface area contributed by atoms with Crippen LogP contribution in [0.2, 0.25) is 0 Å². The van der Waals surface area contributed by atoms with E-state index >= 15 is 0 Å². The molecular weight excluding hydrogens is 293 g/mol. The van der Waals surface area contributed by atoms with E-state index in [2.05, 4.69) is 17.5 Å². The maximum atomic E-state index is 13.6. The van der Waals surface area contributed by atoms with Crippen LogP contribution in [0.25, 0.3) is 0 Å². The number of nitrogens with one attached hydrogen (secondary N) is 1. The zero-order valence-corrected chi connectivity index (χ0v) is 12.8. The predicted molar refractivity (Wildman–Crippen MR) is 87.4 cm³/mol. The van der Waals surface area contributed by atoms with Crippen molar-refractivity contribution in [1.82, 2.24) is 0 Å². The van der Waals surface area contributed by atoms with Crippen LogP contribution >= 0.6 is 0 Å². The van der Waals surface area contributed by atoms with Crippen molar-refractivity contribution >= 4 is 5.69 Å². The largest absolute Gasteiger partial charge is 0.504 e. The summed E-state index contributed by atoms with van der Waals surface area (Å²) < 4.78 is 18.8. The zero-order chi connectivity index (χ0) is 16.0. The van der Waals surface area contributed by atoms with Gasteiger partial charge in [-0.25, -0.2) is 4.39 Å². The van der Waals surface area contributed by atoms with Gasteiger partial charge in [0.05, 0.1) is 13.2 Å². The molecule has 1 aliphatic heterocycles. The maximum Gasteiger partial charge on any atom is 0.160 e. The highest BCUT2D eigenvalue weighted by molar-refractivity contribution is 5.60. The van der Waals surface area contributed by atoms with Gasteiger partial charge < -0.3 is 15.2 Å². The van der Waals surface area contributed by atoms with E-state index in [9.17, 15) is 9.50 Å². The maximum absolute atomic E-state index is 13.6. The van der Waals surface area contributed by atoms with Gasteiger partial charge in [0.1, 0.15) is 5.82 Å². The summed E-state index contributed by atoms with van der Waals surface area (Å²) >= 11 is 0. The van der Waals surface area contributed by atoms with Crippen LogP contribution in [0.15, 0.2) is 48.6 Å². The third-order valence-corrected chi connectivity index (χ3v) is 4.89. The van der Waals surface area contributed by atoms with Crippen molar-refractivity contribution < 1.29 is 14.2 Å². The number of ether oxygens (including phenoxy) is 1. The number of fused-ring (bicyclic) bond motifs is 3. The summed E-state index contributed by atoms with van der Waals surface area (Å²) in [6.45, 7) is 0. The van der Waals surface area contributed by atoms with Crippen LogP contribution in [0.3, 0.4) is 0 Å². The third-order valence-electron chi connectivity index (χ3n) is 4.89. The lowest BCUT2D eigenvalue weighted by Gasteiger charge is -2.37. The number of phenols is 1. The Morgan fingerprint density at radius 1 is 1.22 bits per heavy atom. The molecule has 23 heavy (non-hydrogen) atoms. The minimum absolute atomic E-state index is 0.0995. The average Bonchev–Trinajstić information content (AvgIpc) is 3.05. The molecule has 0 radical (unpaired) electrons. The zero-order valence-electron chi connectivity index (χ0n) is 12.8. The minimum Gasteiger partial charge on any atom is -0.504 e. The highest BCUT2D eigenvalue weighted by atomic mass is 19.1. The Hall–Kier alpha value is -2.49. The summed E-state index contributed by atoms with van der Waals surface area (Å²) in [4.78, 5) is 0. The molecule has 0 fully saturated rings. The lowest BCUT2D eigenvalue weighted by atomic mass is 9.77. The number of phenolic OH excluding ortho intramolecular Hbond substituents is 1. The Labute approximate surface area is 134 Å². The van der Waals surface area contributed by atoms with Gasteiger partial charge in [-0.2, -0.15) is 0 Å². The Morgan fingerprint density at radius 3 is 2.91 bits per heavy atom. The molecule has 1 heterocycles. The van der Waals surface area contributed by atoms with Crippen LogP contribution in [0.1, 0.15) is 29.5 Å². The van der Waals surface area contributed by atoms with Crippen LogP contribution < -0.4 is 10.1 Å². The highest BCUT2D eigenvalue weighted by Gasteiger charge is 2.38. The number of hydrogen-bond donors (Lipinski definition) is 2. The Bertz CT molecular complexity index is 787. The molecule has 0 saturated heterocycles. The first kappa shape index (κ1) is 14.1. The Kier molecular flexibility index (Phi) is 3.26. The molecule has 2 aromatic carbocycles. The molecule has 4 rings (SSSR count). The molecule has 0 spiro atoms. The molecule has 2 aliphatic rings. The van der Waals surface area contributed by atoms with Crippen molar-refractivity contribution in [3.63, 3.8) is 0 Å². The number of anilines is 1. The first-order valence-electron chi connectivity index (χ1n) is 7.77. The predicted octanol–water partition coefficient (Wildman–Crippen LogP) is 4.37. The van der Waals surface area contributed by atoms with Crippen LogP contribution in [0.4, 0.5) is 10.1 Å². The van der Waals surface area contributed by atoms with Crippen LogP contribution in [-0.4, -0.2) is 12.2 Å². The number of rotatable bonds is 2. The fraction of sp³-hybridized carbons (Fsp3) is 0.263. The molecule has 3 unspecified atom stereocenters. The van der Waals surface area contributed by atoms with Crippen molar-refractivity contribution in [2.75, 3.05) is 12.4 Å². The molecule has 1 aliphatic carbocycles. The lowest BCUT2D eigenvalue weighted by Crippen LogP contribution is -2.29. The van der Waals surface area contributed by atoms with Crippen molar-refractivity contribution in [1.29, 1.82) is 0 Å². The number of hydrogen-bond acceptors (Lipinski definition) is 3. The van der Waals surface area contributed by atoms with Crippen LogP contribution in [-0.2, 0) is 0 Å². The number of aromatic hydroxyl groups is 1. The second-order valence-electron chi connectivity index (χ2n) is 6.14. The summed E-state index contributed by atoms with van der Waals surface area (Å²) in [6.07, 6.45) is 5.29. The van der Waals surface area contributed by atoms with E-state index < -0.39 is 0 Å². The number of halogens is 1. The smallest absolute Gasteiger partial charge is 0.160 e. The van der Waals surface area contributed by atoms with Crippen molar-refractivity contribution in [2.45, 2.75) is 18.4 Å². The van der Waals surface area contributed by atoms with Crippen LogP contribution in [0.5, 0.6) is 11.5 Å². The second-order valence-corrected chi connectivity index (χ2v) is 6.14. The summed E-state index contributed by atoms with van der Waals surface area (Å²) in [5.74, 6) is 0.951. The van der Waals surface area contributed by atoms with Crippen LogP contribution in [0, 0.1) is 11.7 Å². The van der Waals surface area contributed by atoms with E-state index in [1.807, 2.05) is 12.1 Å². The molecule has 0 saturated carbocycles. The van der Waals surface area contributed by atoms with Gasteiger partial charge in [-0.3, -0.25) is 0 Å². The van der Waals surface area contributed by atoms with E-state index in [1.54, 1.807) is 25.3 Å². The number of methoxy groups -OCH3 is 1. The van der Waals surface area contributed by atoms with Crippen molar-refractivity contribution in [2.24, 2.45) is 5.92 Å². The molecule has 2 aromatic rings. The number of benzene rings is 2. The molecule has 4 heteroatoms. The van der Waals surface area contributed by atoms with Gasteiger partial charge in [-0.05, 0) is 53.8 Å². The molecular formula is C19H18FNO2. The summed E-state index contributed by atoms with van der Waals surface area (Å²) in [5.41, 5.74) is 3.05. The third kappa shape index (κ3) is 2.25. The minimum atomic E-state index is -0.200. The van der Waals surface area contributed by atoms with E-state index in [1.165, 1.54) is 6.07 Å². The molecule has 0 amide bonds. The Morgan fingerprint density at radius 2 is 2.09 bits per heavy atom. The van der Waals surface area contributed by atoms with Gasteiger partial charge in [0.25, 0.3) is 0 Å². The average molecular weight is 311 g/mol. The topological polar surface area (TPSA) is 41.5 Å². The summed E-state index contributed by atoms with van der Waals surface area (Å²) in [7, 11) is 1.55. The summed E-state index contributed by atoms with van der Waals surface area (Å²) in [5, 5.41) is 13.3. The molecule has 0 aromatic heterocycles. The first-order valence-corrected chi connectivity index (χ1v) is 7.77. The highest BCUT2D eigenvalue weighted by Crippen LogP contribution is 2.50. The quantitative estimate of drug-likeness (QED) is 0.809. The second kappa shape index (κ2) is 5.30. The molecule has 2 N–H and O–H groups in total. The standard InChI is InChI=1S/C19H18FNO2/c1-23-18-9-11(5-8-17(18)22)19-14-4-2-3-13(14)15-10-12(20)6-7-16(15)21-19/h2-3,5-10,13-14,19,21-22H,4H2,1H3. The van der Waals surface area contributed by atoms with Gasteiger partial charge >= 0.3 is 0 Å². The first-order chi connectivity index (χ1) is 11.2. The van der Waals surface area contributed by atoms with Gasteiger partial charge in [0, 0.05) is 11.6 Å². The van der Waals surface area contributed by atoms with E-state index in [0.717, 1.165) is 23.2 Å². The molecule has 3 atom stereocenters. The van der Waals surface area contributed by atoms with Gasteiger partial charge in [-0.1, -0.05) is 18.2 Å². The summed E-state index contributed by atoms with van der Waals surface area (Å²) in [6, 6.07) is 10.5. The van der Waals surface area contributed by atoms with E-state index in [-0.39, 0.29) is 23.5 Å². The lowest BCUT2D eigenvalue weighted by molar-refractivity contribution is 0.370. The monoisotopic (exact) mass is 311 g/mol. The molecule has 3 nitrogen and oxygen atoms in total. The fourth-order valence-electron chi connectivity index (χ4n) is 3.78. The fourth-order valence-corrected chi connectivity index (χ4v) is 3.78. The van der Waals surface area contributed by atoms with Gasteiger partial charge in [0.15, 0.2) is 11.5 Å². The van der Waals surface area contributed by atoms with Gasteiger partial charge in [-0.15, -0.1) is 0 Å². The SMILES string of the molecule is COc1cc(C2Nc3ccc(F)cc3C3C=CCC32)ccc1O. The molecule has 0 bridgehead atoms. The molecule has 118 valence electrons. The Balaban J connectivity index is 1.77. The van der Waals surface area contributed by atoms with E-state index in [4.69, 9.17) is 4.74 Å². The van der Waals surface area contributed by atoms with E-state index in [0.29, 0.717) is 11.7 Å².